The Labute approximate surface area is 152 Å². The molecule has 0 radical (unpaired) electrons. The van der Waals surface area contributed by atoms with E-state index in [-0.39, 0.29) is 29.0 Å². The van der Waals surface area contributed by atoms with Crippen LogP contribution in [0.25, 0.3) is 0 Å². The molecule has 0 aliphatic carbocycles. The van der Waals surface area contributed by atoms with E-state index < -0.39 is 10.0 Å². The molecule has 0 atom stereocenters. The standard InChI is InChI=1S/C15H22N6O4S/c1-10-13(11(2)25-20-10)26(22,23)16-9-12-17-14(19-15(18-12)24-3)21-7-5-4-6-8-21/h16H,4-9H2,1-3H3. The largest absolute Gasteiger partial charge is 0.467 e. The van der Waals surface area contributed by atoms with Crippen LogP contribution in [0.3, 0.4) is 0 Å². The Hall–Kier alpha value is -2.27. The number of piperidine rings is 1. The van der Waals surface area contributed by atoms with Crippen LogP contribution in [0.2, 0.25) is 0 Å². The topological polar surface area (TPSA) is 123 Å². The highest BCUT2D eigenvalue weighted by Gasteiger charge is 2.25. The molecule has 1 saturated heterocycles. The molecule has 1 fully saturated rings. The molecule has 142 valence electrons. The highest BCUT2D eigenvalue weighted by atomic mass is 32.2. The second kappa shape index (κ2) is 7.54. The summed E-state index contributed by atoms with van der Waals surface area (Å²) in [5.41, 5.74) is 0.303. The van der Waals surface area contributed by atoms with Gasteiger partial charge in [-0.05, 0) is 33.1 Å². The number of hydrogen-bond donors (Lipinski definition) is 1. The molecule has 26 heavy (non-hydrogen) atoms. The molecule has 1 N–H and O–H groups in total. The molecule has 2 aromatic rings. The number of anilines is 1. The van der Waals surface area contributed by atoms with Crippen LogP contribution in [0.1, 0.15) is 36.5 Å². The van der Waals surface area contributed by atoms with Crippen LogP contribution in [-0.2, 0) is 16.6 Å². The van der Waals surface area contributed by atoms with Gasteiger partial charge in [-0.15, -0.1) is 0 Å². The van der Waals surface area contributed by atoms with Crippen LogP contribution in [0, 0.1) is 13.8 Å². The smallest absolute Gasteiger partial charge is 0.321 e. The summed E-state index contributed by atoms with van der Waals surface area (Å²) >= 11 is 0. The Morgan fingerprint density at radius 3 is 2.50 bits per heavy atom. The van der Waals surface area contributed by atoms with Gasteiger partial charge in [0.15, 0.2) is 11.6 Å². The summed E-state index contributed by atoms with van der Waals surface area (Å²) in [6.07, 6.45) is 3.33. The van der Waals surface area contributed by atoms with Crippen molar-refractivity contribution in [2.75, 3.05) is 25.1 Å². The summed E-state index contributed by atoms with van der Waals surface area (Å²) in [6, 6.07) is 0.159. The number of hydrogen-bond acceptors (Lipinski definition) is 9. The first kappa shape index (κ1) is 18.5. The molecule has 1 aliphatic rings. The minimum Gasteiger partial charge on any atom is -0.467 e. The fourth-order valence-electron chi connectivity index (χ4n) is 2.88. The van der Waals surface area contributed by atoms with Crippen molar-refractivity contribution in [2.45, 2.75) is 44.6 Å². The molecule has 0 unspecified atom stereocenters. The average Bonchev–Trinajstić information content (AvgIpc) is 2.99. The molecular formula is C15H22N6O4S. The number of nitrogens with zero attached hydrogens (tertiary/aromatic N) is 5. The van der Waals surface area contributed by atoms with Crippen LogP contribution < -0.4 is 14.4 Å². The predicted octanol–water partition coefficient (Wildman–Crippen LogP) is 0.954. The average molecular weight is 382 g/mol. The maximum absolute atomic E-state index is 12.5. The number of nitrogens with one attached hydrogen (secondary N) is 1. The van der Waals surface area contributed by atoms with Crippen molar-refractivity contribution >= 4 is 16.0 Å². The number of methoxy groups -OCH3 is 1. The first-order chi connectivity index (χ1) is 12.4. The van der Waals surface area contributed by atoms with Gasteiger partial charge in [0, 0.05) is 13.1 Å². The molecule has 3 rings (SSSR count). The summed E-state index contributed by atoms with van der Waals surface area (Å²) in [4.78, 5) is 14.9. The number of aromatic nitrogens is 4. The Kier molecular flexibility index (Phi) is 5.37. The molecule has 0 amide bonds. The van der Waals surface area contributed by atoms with Crippen molar-refractivity contribution in [1.29, 1.82) is 0 Å². The fourth-order valence-corrected chi connectivity index (χ4v) is 4.19. The molecule has 0 aromatic carbocycles. The van der Waals surface area contributed by atoms with Crippen molar-refractivity contribution in [3.8, 4) is 6.01 Å². The summed E-state index contributed by atoms with van der Waals surface area (Å²) in [5, 5.41) is 3.68. The zero-order valence-corrected chi connectivity index (χ0v) is 15.8. The Morgan fingerprint density at radius 2 is 1.88 bits per heavy atom. The number of ether oxygens (including phenoxy) is 1. The molecule has 11 heteroatoms. The Morgan fingerprint density at radius 1 is 1.15 bits per heavy atom. The van der Waals surface area contributed by atoms with Gasteiger partial charge in [0.1, 0.15) is 10.6 Å². The highest BCUT2D eigenvalue weighted by molar-refractivity contribution is 7.89. The van der Waals surface area contributed by atoms with E-state index in [4.69, 9.17) is 9.26 Å². The lowest BCUT2D eigenvalue weighted by Crippen LogP contribution is -2.32. The lowest BCUT2D eigenvalue weighted by molar-refractivity contribution is 0.374. The van der Waals surface area contributed by atoms with E-state index in [1.54, 1.807) is 13.8 Å². The summed E-state index contributed by atoms with van der Waals surface area (Å²) in [5.74, 6) is 1.02. The summed E-state index contributed by atoms with van der Waals surface area (Å²) in [6.45, 7) is 4.75. The minimum absolute atomic E-state index is 0.0368. The zero-order chi connectivity index (χ0) is 18.7. The molecule has 0 saturated carbocycles. The van der Waals surface area contributed by atoms with E-state index in [2.05, 4.69) is 29.7 Å². The van der Waals surface area contributed by atoms with Gasteiger partial charge in [-0.2, -0.15) is 15.0 Å². The van der Waals surface area contributed by atoms with E-state index >= 15 is 0 Å². The SMILES string of the molecule is COc1nc(CNS(=O)(=O)c2c(C)noc2C)nc(N2CCCCC2)n1. The van der Waals surface area contributed by atoms with Crippen molar-refractivity contribution in [1.82, 2.24) is 24.8 Å². The fraction of sp³-hybridized carbons (Fsp3) is 0.600. The van der Waals surface area contributed by atoms with Gasteiger partial charge >= 0.3 is 6.01 Å². The zero-order valence-electron chi connectivity index (χ0n) is 15.0. The van der Waals surface area contributed by atoms with E-state index in [1.807, 2.05) is 0 Å². The quantitative estimate of drug-likeness (QED) is 0.777. The van der Waals surface area contributed by atoms with Gasteiger partial charge in [0.2, 0.25) is 16.0 Å². The number of rotatable bonds is 6. The van der Waals surface area contributed by atoms with Gasteiger partial charge in [0.05, 0.1) is 13.7 Å². The minimum atomic E-state index is -3.79. The molecule has 2 aromatic heterocycles. The molecule has 10 nitrogen and oxygen atoms in total. The van der Waals surface area contributed by atoms with Crippen LogP contribution in [0.4, 0.5) is 5.95 Å². The van der Waals surface area contributed by atoms with Crippen molar-refractivity contribution < 1.29 is 17.7 Å². The van der Waals surface area contributed by atoms with Crippen LogP contribution >= 0.6 is 0 Å². The van der Waals surface area contributed by atoms with Crippen molar-refractivity contribution in [3.63, 3.8) is 0 Å². The summed E-state index contributed by atoms with van der Waals surface area (Å²) < 4.78 is 37.6. The number of sulfonamides is 1. The first-order valence-corrected chi connectivity index (χ1v) is 9.85. The molecule has 0 spiro atoms. The van der Waals surface area contributed by atoms with Gasteiger partial charge in [0.25, 0.3) is 0 Å². The van der Waals surface area contributed by atoms with Crippen LogP contribution in [0.5, 0.6) is 6.01 Å². The molecule has 0 bridgehead atoms. The second-order valence-corrected chi connectivity index (χ2v) is 7.77. The first-order valence-electron chi connectivity index (χ1n) is 8.37. The predicted molar refractivity (Wildman–Crippen MR) is 92.4 cm³/mol. The van der Waals surface area contributed by atoms with Gasteiger partial charge in [-0.1, -0.05) is 5.16 Å². The normalized spacial score (nSPS) is 15.3. The van der Waals surface area contributed by atoms with E-state index in [0.717, 1.165) is 25.9 Å². The Balaban J connectivity index is 1.81. The third-order valence-corrected chi connectivity index (χ3v) is 5.77. The second-order valence-electron chi connectivity index (χ2n) is 6.06. The van der Waals surface area contributed by atoms with Crippen LogP contribution in [-0.4, -0.2) is 48.7 Å². The van der Waals surface area contributed by atoms with Gasteiger partial charge in [-0.25, -0.2) is 13.1 Å². The van der Waals surface area contributed by atoms with Crippen molar-refractivity contribution in [3.05, 3.63) is 17.3 Å². The third-order valence-electron chi connectivity index (χ3n) is 4.13. The molecule has 1 aliphatic heterocycles. The van der Waals surface area contributed by atoms with Crippen LogP contribution in [0.15, 0.2) is 9.42 Å². The van der Waals surface area contributed by atoms with E-state index in [0.29, 0.717) is 11.6 Å². The maximum Gasteiger partial charge on any atom is 0.321 e. The van der Waals surface area contributed by atoms with Crippen molar-refractivity contribution in [2.24, 2.45) is 0 Å². The van der Waals surface area contributed by atoms with E-state index in [9.17, 15) is 8.42 Å². The maximum atomic E-state index is 12.5. The summed E-state index contributed by atoms with van der Waals surface area (Å²) in [7, 11) is -2.33. The lowest BCUT2D eigenvalue weighted by Gasteiger charge is -2.26. The molecule has 3 heterocycles. The van der Waals surface area contributed by atoms with E-state index in [1.165, 1.54) is 13.5 Å². The Bertz CT molecular complexity index is 857. The number of aryl methyl sites for hydroxylation is 2. The highest BCUT2D eigenvalue weighted by Crippen LogP contribution is 2.20. The third kappa shape index (κ3) is 3.93. The monoisotopic (exact) mass is 382 g/mol. The molecular weight excluding hydrogens is 360 g/mol. The lowest BCUT2D eigenvalue weighted by atomic mass is 10.1. The van der Waals surface area contributed by atoms with Gasteiger partial charge < -0.3 is 14.2 Å². The van der Waals surface area contributed by atoms with Gasteiger partial charge in [-0.3, -0.25) is 0 Å².